The van der Waals surface area contributed by atoms with Crippen molar-refractivity contribution in [2.45, 2.75) is 39.2 Å². The third-order valence-electron chi connectivity index (χ3n) is 4.26. The van der Waals surface area contributed by atoms with Crippen molar-refractivity contribution in [3.63, 3.8) is 0 Å². The Morgan fingerprint density at radius 1 is 1.44 bits per heavy atom. The lowest BCUT2D eigenvalue weighted by Gasteiger charge is -2.32. The van der Waals surface area contributed by atoms with Crippen molar-refractivity contribution in [1.82, 2.24) is 20.4 Å². The van der Waals surface area contributed by atoms with Gasteiger partial charge in [0.2, 0.25) is 11.7 Å². The van der Waals surface area contributed by atoms with Gasteiger partial charge in [0.1, 0.15) is 5.82 Å². The van der Waals surface area contributed by atoms with Gasteiger partial charge in [-0.15, -0.1) is 0 Å². The second-order valence-electron chi connectivity index (χ2n) is 6.75. The van der Waals surface area contributed by atoms with Crippen LogP contribution in [0.5, 0.6) is 0 Å². The van der Waals surface area contributed by atoms with Crippen LogP contribution in [-0.4, -0.2) is 40.2 Å². The quantitative estimate of drug-likeness (QED) is 0.922. The molecule has 0 unspecified atom stereocenters. The van der Waals surface area contributed by atoms with Crippen LogP contribution < -0.4 is 5.32 Å². The zero-order valence-corrected chi connectivity index (χ0v) is 14.5. The Hall–Kier alpha value is -2.44. The molecule has 1 aliphatic rings. The third-order valence-corrected chi connectivity index (χ3v) is 4.26. The van der Waals surface area contributed by atoms with Gasteiger partial charge in [0.25, 0.3) is 0 Å². The van der Waals surface area contributed by atoms with E-state index in [1.807, 2.05) is 18.7 Å². The molecule has 1 aromatic heterocycles. The molecule has 0 spiro atoms. The molecule has 2 amide bonds. The van der Waals surface area contributed by atoms with E-state index in [-0.39, 0.29) is 29.6 Å². The summed E-state index contributed by atoms with van der Waals surface area (Å²) in [7, 11) is 0. The lowest BCUT2D eigenvalue weighted by Crippen LogP contribution is -2.47. The summed E-state index contributed by atoms with van der Waals surface area (Å²) in [5, 5.41) is 6.81. The number of likely N-dealkylation sites (tertiary alicyclic amines) is 1. The number of rotatable bonds is 4. The second kappa shape index (κ2) is 7.63. The summed E-state index contributed by atoms with van der Waals surface area (Å²) in [6, 6.07) is 6.45. The van der Waals surface area contributed by atoms with E-state index in [4.69, 9.17) is 4.52 Å². The van der Waals surface area contributed by atoms with Gasteiger partial charge in [0, 0.05) is 25.6 Å². The molecule has 134 valence electrons. The summed E-state index contributed by atoms with van der Waals surface area (Å²) in [4.78, 5) is 18.3. The van der Waals surface area contributed by atoms with Crippen LogP contribution in [0.2, 0.25) is 0 Å². The van der Waals surface area contributed by atoms with Gasteiger partial charge in [0.05, 0.1) is 5.56 Å². The smallest absolute Gasteiger partial charge is 0.317 e. The summed E-state index contributed by atoms with van der Waals surface area (Å²) in [5.74, 6) is 0.636. The fraction of sp³-hybridized carbons (Fsp3) is 0.500. The molecule has 7 heteroatoms. The van der Waals surface area contributed by atoms with Crippen molar-refractivity contribution in [3.8, 4) is 11.4 Å². The normalized spacial score (nSPS) is 17.8. The molecule has 2 aromatic rings. The number of aromatic nitrogens is 2. The largest absolute Gasteiger partial charge is 0.339 e. The Morgan fingerprint density at radius 2 is 2.24 bits per heavy atom. The highest BCUT2D eigenvalue weighted by atomic mass is 19.1. The van der Waals surface area contributed by atoms with Crippen LogP contribution >= 0.6 is 0 Å². The Bertz CT molecular complexity index is 731. The summed E-state index contributed by atoms with van der Waals surface area (Å²) >= 11 is 0. The highest BCUT2D eigenvalue weighted by molar-refractivity contribution is 5.74. The number of benzene rings is 1. The SMILES string of the molecule is CC(C)NC(=O)N1CCC[C@@H](Cc2nc(-c3ccccc3F)no2)C1. The molecular formula is C18H23FN4O2. The average Bonchev–Trinajstić information content (AvgIpc) is 3.03. The van der Waals surface area contributed by atoms with Crippen LogP contribution in [0.25, 0.3) is 11.4 Å². The van der Waals surface area contributed by atoms with Crippen LogP contribution in [0.4, 0.5) is 9.18 Å². The molecule has 0 radical (unpaired) electrons. The first-order chi connectivity index (χ1) is 12.0. The lowest BCUT2D eigenvalue weighted by atomic mass is 9.95. The molecule has 25 heavy (non-hydrogen) atoms. The molecule has 1 aliphatic heterocycles. The Labute approximate surface area is 146 Å². The zero-order chi connectivity index (χ0) is 17.8. The van der Waals surface area contributed by atoms with Gasteiger partial charge < -0.3 is 14.7 Å². The monoisotopic (exact) mass is 346 g/mol. The number of halogens is 1. The van der Waals surface area contributed by atoms with E-state index in [9.17, 15) is 9.18 Å². The zero-order valence-electron chi connectivity index (χ0n) is 14.5. The molecule has 1 atom stereocenters. The molecule has 1 saturated heterocycles. The predicted molar refractivity (Wildman–Crippen MR) is 91.4 cm³/mol. The molecule has 0 bridgehead atoms. The van der Waals surface area contributed by atoms with E-state index in [1.54, 1.807) is 18.2 Å². The highest BCUT2D eigenvalue weighted by Gasteiger charge is 2.26. The van der Waals surface area contributed by atoms with E-state index in [2.05, 4.69) is 15.5 Å². The molecule has 1 aromatic carbocycles. The predicted octanol–water partition coefficient (Wildman–Crippen LogP) is 3.25. The Morgan fingerprint density at radius 3 is 3.00 bits per heavy atom. The molecule has 0 saturated carbocycles. The van der Waals surface area contributed by atoms with Crippen molar-refractivity contribution < 1.29 is 13.7 Å². The molecule has 2 heterocycles. The molecule has 0 aliphatic carbocycles. The minimum atomic E-state index is -0.371. The number of carbonyl (C=O) groups excluding carboxylic acids is 1. The van der Waals surface area contributed by atoms with Crippen LogP contribution in [0.3, 0.4) is 0 Å². The molecule has 6 nitrogen and oxygen atoms in total. The number of nitrogens with zero attached hydrogens (tertiary/aromatic N) is 3. The van der Waals surface area contributed by atoms with Gasteiger partial charge in [-0.2, -0.15) is 4.98 Å². The van der Waals surface area contributed by atoms with Crippen molar-refractivity contribution in [2.24, 2.45) is 5.92 Å². The molecule has 1 fully saturated rings. The maximum atomic E-state index is 13.8. The maximum Gasteiger partial charge on any atom is 0.317 e. The fourth-order valence-electron chi connectivity index (χ4n) is 3.09. The summed E-state index contributed by atoms with van der Waals surface area (Å²) < 4.78 is 19.1. The van der Waals surface area contributed by atoms with Crippen LogP contribution in [0.1, 0.15) is 32.6 Å². The summed E-state index contributed by atoms with van der Waals surface area (Å²) in [6.45, 7) is 5.32. The molecule has 1 N–H and O–H groups in total. The minimum absolute atomic E-state index is 0.0303. The van der Waals surface area contributed by atoms with Gasteiger partial charge in [-0.25, -0.2) is 9.18 Å². The maximum absolute atomic E-state index is 13.8. The third kappa shape index (κ3) is 4.35. The number of piperidine rings is 1. The van der Waals surface area contributed by atoms with Gasteiger partial charge in [0.15, 0.2) is 0 Å². The topological polar surface area (TPSA) is 71.3 Å². The number of nitrogens with one attached hydrogen (secondary N) is 1. The van der Waals surface area contributed by atoms with Crippen molar-refractivity contribution >= 4 is 6.03 Å². The Kier molecular flexibility index (Phi) is 5.31. The van der Waals surface area contributed by atoms with E-state index in [0.29, 0.717) is 24.4 Å². The van der Waals surface area contributed by atoms with Crippen LogP contribution in [0.15, 0.2) is 28.8 Å². The first-order valence-corrected chi connectivity index (χ1v) is 8.66. The lowest BCUT2D eigenvalue weighted by molar-refractivity contribution is 0.159. The van der Waals surface area contributed by atoms with E-state index < -0.39 is 0 Å². The first-order valence-electron chi connectivity index (χ1n) is 8.66. The number of carbonyl (C=O) groups is 1. The standard InChI is InChI=1S/C18H23FN4O2/c1-12(2)20-18(24)23-9-5-6-13(11-23)10-16-21-17(22-25-16)14-7-3-4-8-15(14)19/h3-4,7-8,12-13H,5-6,9-11H2,1-2H3,(H,20,24)/t13-/m0/s1. The van der Waals surface area contributed by atoms with E-state index in [0.717, 1.165) is 19.4 Å². The van der Waals surface area contributed by atoms with Crippen LogP contribution in [-0.2, 0) is 6.42 Å². The van der Waals surface area contributed by atoms with Crippen molar-refractivity contribution in [2.75, 3.05) is 13.1 Å². The summed E-state index contributed by atoms with van der Waals surface area (Å²) in [6.07, 6.45) is 2.54. The average molecular weight is 346 g/mol. The van der Waals surface area contributed by atoms with Gasteiger partial charge in [-0.3, -0.25) is 0 Å². The number of urea groups is 1. The summed E-state index contributed by atoms with van der Waals surface area (Å²) in [5.41, 5.74) is 0.332. The van der Waals surface area contributed by atoms with Crippen LogP contribution in [0, 0.1) is 11.7 Å². The number of hydrogen-bond acceptors (Lipinski definition) is 4. The van der Waals surface area contributed by atoms with Crippen molar-refractivity contribution in [1.29, 1.82) is 0 Å². The van der Waals surface area contributed by atoms with Crippen molar-refractivity contribution in [3.05, 3.63) is 36.0 Å². The molecular weight excluding hydrogens is 323 g/mol. The first kappa shape index (κ1) is 17.4. The molecule has 3 rings (SSSR count). The van der Waals surface area contributed by atoms with Gasteiger partial charge in [-0.1, -0.05) is 17.3 Å². The minimum Gasteiger partial charge on any atom is -0.339 e. The van der Waals surface area contributed by atoms with E-state index >= 15 is 0 Å². The fourth-order valence-corrected chi connectivity index (χ4v) is 3.09. The highest BCUT2D eigenvalue weighted by Crippen LogP contribution is 2.23. The van der Waals surface area contributed by atoms with Gasteiger partial charge in [-0.05, 0) is 44.7 Å². The Balaban J connectivity index is 1.63. The second-order valence-corrected chi connectivity index (χ2v) is 6.75. The number of hydrogen-bond donors (Lipinski definition) is 1. The van der Waals surface area contributed by atoms with Gasteiger partial charge >= 0.3 is 6.03 Å². The van der Waals surface area contributed by atoms with E-state index in [1.165, 1.54) is 6.07 Å². The number of amides is 2.